The van der Waals surface area contributed by atoms with Crippen LogP contribution in [0.2, 0.25) is 0 Å². The highest BCUT2D eigenvalue weighted by atomic mass is 16.5. The number of ether oxygens (including phenoxy) is 1. The molecule has 3 N–H and O–H groups in total. The smallest absolute Gasteiger partial charge is 0.257 e. The molecule has 1 amide bonds. The molecular weight excluding hydrogens is 346 g/mol. The molecule has 7 heteroatoms. The fourth-order valence-corrected chi connectivity index (χ4v) is 3.29. The van der Waals surface area contributed by atoms with Crippen LogP contribution in [0.5, 0.6) is 5.75 Å². The van der Waals surface area contributed by atoms with E-state index in [0.29, 0.717) is 12.3 Å². The number of nitrogens with one attached hydrogen (secondary N) is 3. The number of carbonyl (C=O) groups excluding carboxylic acids is 1. The van der Waals surface area contributed by atoms with Crippen LogP contribution in [0.15, 0.2) is 51.9 Å². The zero-order chi connectivity index (χ0) is 19.1. The van der Waals surface area contributed by atoms with Gasteiger partial charge in [-0.3, -0.25) is 9.59 Å². The molecule has 27 heavy (non-hydrogen) atoms. The summed E-state index contributed by atoms with van der Waals surface area (Å²) in [4.78, 5) is 26.3. The molecule has 2 heterocycles. The average molecular weight is 373 g/mol. The molecule has 1 fully saturated rings. The van der Waals surface area contributed by atoms with Gasteiger partial charge >= 0.3 is 0 Å². The molecule has 0 radical (unpaired) electrons. The summed E-state index contributed by atoms with van der Waals surface area (Å²) in [5.41, 5.74) is 1.11. The lowest BCUT2D eigenvalue weighted by Crippen LogP contribution is -3.27. The number of rotatable bonds is 7. The van der Waals surface area contributed by atoms with Gasteiger partial charge in [-0.2, -0.15) is 0 Å². The van der Waals surface area contributed by atoms with Crippen LogP contribution in [0.3, 0.4) is 0 Å². The largest absolute Gasteiger partial charge is 0.477 e. The number of quaternary nitrogens is 2. The van der Waals surface area contributed by atoms with E-state index in [-0.39, 0.29) is 23.7 Å². The van der Waals surface area contributed by atoms with E-state index in [9.17, 15) is 9.59 Å². The first-order valence-corrected chi connectivity index (χ1v) is 9.30. The van der Waals surface area contributed by atoms with Gasteiger partial charge in [0.1, 0.15) is 45.5 Å². The summed E-state index contributed by atoms with van der Waals surface area (Å²) < 4.78 is 10.7. The summed E-state index contributed by atoms with van der Waals surface area (Å²) in [7, 11) is 1.52. The first kappa shape index (κ1) is 19.1. The molecule has 3 rings (SSSR count). The second-order valence-electron chi connectivity index (χ2n) is 6.88. The zero-order valence-corrected chi connectivity index (χ0v) is 15.6. The monoisotopic (exact) mass is 373 g/mol. The first-order valence-electron chi connectivity index (χ1n) is 9.30. The van der Waals surface area contributed by atoms with Crippen LogP contribution in [0.4, 0.5) is 0 Å². The highest BCUT2D eigenvalue weighted by Gasteiger charge is 2.24. The Morgan fingerprint density at radius 1 is 1.11 bits per heavy atom. The predicted octanol–water partition coefficient (Wildman–Crippen LogP) is -1.75. The Balaban J connectivity index is 1.48. The lowest BCUT2D eigenvalue weighted by molar-refractivity contribution is -1.02. The highest BCUT2D eigenvalue weighted by Crippen LogP contribution is 2.05. The van der Waals surface area contributed by atoms with E-state index in [4.69, 9.17) is 9.15 Å². The summed E-state index contributed by atoms with van der Waals surface area (Å²) >= 11 is 0. The Labute approximate surface area is 158 Å². The van der Waals surface area contributed by atoms with Crippen molar-refractivity contribution in [1.82, 2.24) is 5.32 Å². The standard InChI is InChI=1S/C20H25N3O4/c1-21-20(25)15-27-19-14-26-17(11-18(19)24)13-23-9-7-22(8-10-23)12-16-5-3-2-4-6-16/h2-6,11,14H,7-10,12-13,15H2,1H3,(H,21,25)/p+2. The summed E-state index contributed by atoms with van der Waals surface area (Å²) in [6, 6.07) is 12.0. The molecule has 144 valence electrons. The van der Waals surface area contributed by atoms with Crippen molar-refractivity contribution in [3.63, 3.8) is 0 Å². The number of carbonyl (C=O) groups is 1. The lowest BCUT2D eigenvalue weighted by atomic mass is 10.2. The van der Waals surface area contributed by atoms with Crippen LogP contribution in [0.25, 0.3) is 0 Å². The minimum absolute atomic E-state index is 0.0643. The molecule has 0 spiro atoms. The summed E-state index contributed by atoms with van der Waals surface area (Å²) in [6.45, 7) is 5.83. The summed E-state index contributed by atoms with van der Waals surface area (Å²) in [5, 5.41) is 2.44. The number of amides is 1. The van der Waals surface area contributed by atoms with E-state index < -0.39 is 0 Å². The fourth-order valence-electron chi connectivity index (χ4n) is 3.29. The molecule has 2 aromatic rings. The van der Waals surface area contributed by atoms with Crippen molar-refractivity contribution in [2.24, 2.45) is 0 Å². The van der Waals surface area contributed by atoms with Crippen molar-refractivity contribution >= 4 is 5.91 Å². The van der Waals surface area contributed by atoms with E-state index in [2.05, 4.69) is 29.6 Å². The third-order valence-corrected chi connectivity index (χ3v) is 4.88. The van der Waals surface area contributed by atoms with Gasteiger partial charge in [-0.15, -0.1) is 0 Å². The Morgan fingerprint density at radius 3 is 2.41 bits per heavy atom. The zero-order valence-electron chi connectivity index (χ0n) is 15.6. The molecule has 0 unspecified atom stereocenters. The van der Waals surface area contributed by atoms with Gasteiger partial charge in [-0.25, -0.2) is 0 Å². The van der Waals surface area contributed by atoms with Crippen LogP contribution in [0, 0.1) is 0 Å². The average Bonchev–Trinajstić information content (AvgIpc) is 2.69. The van der Waals surface area contributed by atoms with Crippen molar-refractivity contribution in [2.45, 2.75) is 13.1 Å². The van der Waals surface area contributed by atoms with Crippen LogP contribution < -0.4 is 25.3 Å². The van der Waals surface area contributed by atoms with Crippen molar-refractivity contribution in [1.29, 1.82) is 0 Å². The molecule has 1 saturated heterocycles. The van der Waals surface area contributed by atoms with Crippen molar-refractivity contribution < 1.29 is 23.7 Å². The third kappa shape index (κ3) is 5.67. The topological polar surface area (TPSA) is 77.4 Å². The maximum Gasteiger partial charge on any atom is 0.257 e. The van der Waals surface area contributed by atoms with Gasteiger partial charge in [0, 0.05) is 18.7 Å². The Morgan fingerprint density at radius 2 is 1.78 bits per heavy atom. The van der Waals surface area contributed by atoms with E-state index in [1.807, 2.05) is 6.07 Å². The number of benzene rings is 1. The second kappa shape index (κ2) is 9.34. The molecule has 0 aliphatic carbocycles. The van der Waals surface area contributed by atoms with Gasteiger partial charge in [-0.05, 0) is 0 Å². The first-order chi connectivity index (χ1) is 13.1. The molecule has 1 aromatic heterocycles. The third-order valence-electron chi connectivity index (χ3n) is 4.88. The van der Waals surface area contributed by atoms with Gasteiger partial charge in [-0.1, -0.05) is 30.3 Å². The van der Waals surface area contributed by atoms with Crippen molar-refractivity contribution in [3.05, 3.63) is 64.2 Å². The molecule has 1 aliphatic heterocycles. The van der Waals surface area contributed by atoms with Gasteiger partial charge in [0.15, 0.2) is 12.4 Å². The quantitative estimate of drug-likeness (QED) is 0.538. The fraction of sp³-hybridized carbons (Fsp3) is 0.400. The molecule has 0 bridgehead atoms. The van der Waals surface area contributed by atoms with Crippen LogP contribution >= 0.6 is 0 Å². The van der Waals surface area contributed by atoms with E-state index in [1.54, 1.807) is 4.90 Å². The maximum absolute atomic E-state index is 12.1. The van der Waals surface area contributed by atoms with Gasteiger partial charge in [0.05, 0.1) is 0 Å². The summed E-state index contributed by atoms with van der Waals surface area (Å²) in [6.07, 6.45) is 1.30. The molecule has 0 atom stereocenters. The highest BCUT2D eigenvalue weighted by molar-refractivity contribution is 5.77. The number of likely N-dealkylation sites (N-methyl/N-ethyl adjacent to an activating group) is 1. The summed E-state index contributed by atoms with van der Waals surface area (Å²) in [5.74, 6) is 0.419. The van der Waals surface area contributed by atoms with E-state index >= 15 is 0 Å². The van der Waals surface area contributed by atoms with Crippen LogP contribution in [-0.2, 0) is 17.9 Å². The van der Waals surface area contributed by atoms with Gasteiger partial charge < -0.3 is 24.3 Å². The minimum atomic E-state index is -0.293. The van der Waals surface area contributed by atoms with E-state index in [1.165, 1.54) is 29.8 Å². The molecule has 1 aromatic carbocycles. The molecule has 0 saturated carbocycles. The van der Waals surface area contributed by atoms with Crippen LogP contribution in [0.1, 0.15) is 11.3 Å². The molecular formula is C20H27N3O4+2. The second-order valence-corrected chi connectivity index (χ2v) is 6.88. The van der Waals surface area contributed by atoms with Crippen LogP contribution in [-0.4, -0.2) is 45.7 Å². The Bertz CT molecular complexity index is 798. The molecule has 1 aliphatic rings. The Kier molecular flexibility index (Phi) is 6.62. The molecule has 7 nitrogen and oxygen atoms in total. The lowest BCUT2D eigenvalue weighted by Gasteiger charge is -2.29. The van der Waals surface area contributed by atoms with E-state index in [0.717, 1.165) is 32.7 Å². The SMILES string of the molecule is CNC(=O)COc1coc(C[NH+]2CC[NH+](Cc3ccccc3)CC2)cc1=O. The maximum atomic E-state index is 12.1. The normalized spacial score (nSPS) is 19.4. The minimum Gasteiger partial charge on any atom is -0.477 e. The number of hydrogen-bond donors (Lipinski definition) is 3. The van der Waals surface area contributed by atoms with Crippen molar-refractivity contribution in [2.75, 3.05) is 39.8 Å². The van der Waals surface area contributed by atoms with Gasteiger partial charge in [0.2, 0.25) is 11.2 Å². The van der Waals surface area contributed by atoms with Crippen molar-refractivity contribution in [3.8, 4) is 5.75 Å². The number of hydrogen-bond acceptors (Lipinski definition) is 4. The predicted molar refractivity (Wildman–Crippen MR) is 99.8 cm³/mol. The number of piperazine rings is 1. The van der Waals surface area contributed by atoms with Gasteiger partial charge in [0.25, 0.3) is 5.91 Å². The Hall–Kier alpha value is -2.64.